The molecule has 6 nitrogen and oxygen atoms in total. The van der Waals surface area contributed by atoms with Crippen LogP contribution in [0.15, 0.2) is 72.8 Å². The van der Waals surface area contributed by atoms with Gasteiger partial charge in [-0.05, 0) is 42.8 Å². The molecule has 158 valence electrons. The number of aryl methyl sites for hydroxylation is 1. The smallest absolute Gasteiger partial charge is 0.255 e. The average Bonchev–Trinajstić information content (AvgIpc) is 3.16. The van der Waals surface area contributed by atoms with Gasteiger partial charge in [0.05, 0.1) is 36.8 Å². The van der Waals surface area contributed by atoms with Crippen LogP contribution in [0.3, 0.4) is 0 Å². The summed E-state index contributed by atoms with van der Waals surface area (Å²) in [5, 5.41) is 2.97. The third-order valence-electron chi connectivity index (χ3n) is 5.16. The molecule has 6 heteroatoms. The first-order valence-corrected chi connectivity index (χ1v) is 10.2. The molecule has 0 aliphatic heterocycles. The monoisotopic (exact) mass is 415 g/mol. The Morgan fingerprint density at radius 1 is 0.968 bits per heavy atom. The maximum Gasteiger partial charge on any atom is 0.255 e. The molecule has 0 atom stereocenters. The predicted molar refractivity (Wildman–Crippen MR) is 121 cm³/mol. The van der Waals surface area contributed by atoms with E-state index >= 15 is 0 Å². The molecule has 3 aromatic carbocycles. The van der Waals surface area contributed by atoms with Crippen molar-refractivity contribution < 1.29 is 14.3 Å². The van der Waals surface area contributed by atoms with Gasteiger partial charge in [0.2, 0.25) is 0 Å². The number of carbonyl (C=O) groups excluding carboxylic acids is 1. The van der Waals surface area contributed by atoms with Crippen molar-refractivity contribution in [3.63, 3.8) is 0 Å². The topological polar surface area (TPSA) is 65.4 Å². The molecule has 1 N–H and O–H groups in total. The van der Waals surface area contributed by atoms with Crippen molar-refractivity contribution in [3.05, 3.63) is 89.7 Å². The fourth-order valence-corrected chi connectivity index (χ4v) is 3.56. The Hall–Kier alpha value is -3.80. The molecule has 0 radical (unpaired) electrons. The van der Waals surface area contributed by atoms with Crippen LogP contribution >= 0.6 is 0 Å². The van der Waals surface area contributed by atoms with Gasteiger partial charge in [-0.3, -0.25) is 4.79 Å². The highest BCUT2D eigenvalue weighted by molar-refractivity contribution is 5.96. The Labute approximate surface area is 181 Å². The van der Waals surface area contributed by atoms with Crippen LogP contribution in [-0.2, 0) is 13.1 Å². The van der Waals surface area contributed by atoms with Gasteiger partial charge in [-0.15, -0.1) is 0 Å². The predicted octanol–water partition coefficient (Wildman–Crippen LogP) is 4.36. The van der Waals surface area contributed by atoms with Gasteiger partial charge in [0, 0.05) is 0 Å². The minimum Gasteiger partial charge on any atom is -0.496 e. The number of imidazole rings is 1. The molecule has 31 heavy (non-hydrogen) atoms. The number of para-hydroxylation sites is 4. The molecule has 1 heterocycles. The Morgan fingerprint density at radius 2 is 1.68 bits per heavy atom. The number of methoxy groups -OCH3 is 1. The van der Waals surface area contributed by atoms with Gasteiger partial charge < -0.3 is 19.4 Å². The van der Waals surface area contributed by atoms with Crippen LogP contribution in [-0.4, -0.2) is 29.2 Å². The Bertz CT molecular complexity index is 1200. The number of aromatic nitrogens is 2. The minimum absolute atomic E-state index is 0.202. The molecule has 0 saturated heterocycles. The van der Waals surface area contributed by atoms with E-state index < -0.39 is 0 Å². The van der Waals surface area contributed by atoms with E-state index in [1.807, 2.05) is 67.6 Å². The second kappa shape index (κ2) is 9.34. The second-order valence-electron chi connectivity index (χ2n) is 7.17. The molecule has 0 bridgehead atoms. The standard InChI is InChI=1S/C25H25N3O3/c1-18-9-3-7-13-22(18)31-16-15-28-21-12-6-5-11-20(21)27-24(28)17-26-25(29)19-10-4-8-14-23(19)30-2/h3-14H,15-17H2,1-2H3,(H,26,29). The number of carbonyl (C=O) groups is 1. The summed E-state index contributed by atoms with van der Waals surface area (Å²) in [7, 11) is 1.56. The maximum atomic E-state index is 12.7. The summed E-state index contributed by atoms with van der Waals surface area (Å²) < 4.78 is 13.4. The first-order valence-electron chi connectivity index (χ1n) is 10.2. The summed E-state index contributed by atoms with van der Waals surface area (Å²) in [4.78, 5) is 17.4. The third-order valence-corrected chi connectivity index (χ3v) is 5.16. The molecule has 0 aliphatic rings. The molecule has 1 amide bonds. The zero-order valence-corrected chi connectivity index (χ0v) is 17.7. The van der Waals surface area contributed by atoms with Crippen LogP contribution in [0.25, 0.3) is 11.0 Å². The van der Waals surface area contributed by atoms with Crippen LogP contribution in [0.2, 0.25) is 0 Å². The second-order valence-corrected chi connectivity index (χ2v) is 7.17. The van der Waals surface area contributed by atoms with E-state index in [4.69, 9.17) is 14.5 Å². The normalized spacial score (nSPS) is 10.8. The van der Waals surface area contributed by atoms with E-state index in [0.29, 0.717) is 31.0 Å². The highest BCUT2D eigenvalue weighted by Crippen LogP contribution is 2.20. The fraction of sp³-hybridized carbons (Fsp3) is 0.200. The quantitative estimate of drug-likeness (QED) is 0.464. The maximum absolute atomic E-state index is 12.7. The van der Waals surface area contributed by atoms with Gasteiger partial charge in [0.15, 0.2) is 0 Å². The Balaban J connectivity index is 1.51. The molecule has 0 fully saturated rings. The van der Waals surface area contributed by atoms with Crippen LogP contribution < -0.4 is 14.8 Å². The van der Waals surface area contributed by atoms with Gasteiger partial charge >= 0.3 is 0 Å². The number of fused-ring (bicyclic) bond motifs is 1. The van der Waals surface area contributed by atoms with Crippen molar-refractivity contribution in [2.24, 2.45) is 0 Å². The van der Waals surface area contributed by atoms with E-state index in [2.05, 4.69) is 9.88 Å². The van der Waals surface area contributed by atoms with E-state index in [-0.39, 0.29) is 5.91 Å². The highest BCUT2D eigenvalue weighted by Gasteiger charge is 2.15. The van der Waals surface area contributed by atoms with Crippen LogP contribution in [0.4, 0.5) is 0 Å². The van der Waals surface area contributed by atoms with Crippen molar-refractivity contribution in [1.82, 2.24) is 14.9 Å². The summed E-state index contributed by atoms with van der Waals surface area (Å²) in [5.74, 6) is 1.99. The van der Waals surface area contributed by atoms with Crippen LogP contribution in [0.1, 0.15) is 21.7 Å². The fourth-order valence-electron chi connectivity index (χ4n) is 3.56. The third kappa shape index (κ3) is 4.53. The molecule has 0 saturated carbocycles. The first kappa shape index (κ1) is 20.5. The molecular weight excluding hydrogens is 390 g/mol. The number of nitrogens with zero attached hydrogens (tertiary/aromatic N) is 2. The number of nitrogens with one attached hydrogen (secondary N) is 1. The summed E-state index contributed by atoms with van der Waals surface area (Å²) in [6.07, 6.45) is 0. The van der Waals surface area contributed by atoms with Gasteiger partial charge in [-0.2, -0.15) is 0 Å². The number of amides is 1. The van der Waals surface area contributed by atoms with E-state index in [1.54, 1.807) is 19.2 Å². The van der Waals surface area contributed by atoms with Gasteiger partial charge in [0.25, 0.3) is 5.91 Å². The zero-order valence-electron chi connectivity index (χ0n) is 17.7. The lowest BCUT2D eigenvalue weighted by molar-refractivity contribution is 0.0946. The number of benzene rings is 3. The van der Waals surface area contributed by atoms with Gasteiger partial charge in [-0.1, -0.05) is 42.5 Å². The summed E-state index contributed by atoms with van der Waals surface area (Å²) in [6, 6.07) is 23.1. The number of hydrogen-bond donors (Lipinski definition) is 1. The summed E-state index contributed by atoms with van der Waals surface area (Å²) in [5.41, 5.74) is 3.50. The van der Waals surface area contributed by atoms with E-state index in [9.17, 15) is 4.79 Å². The molecule has 1 aromatic heterocycles. The lowest BCUT2D eigenvalue weighted by Crippen LogP contribution is -2.25. The Kier molecular flexibility index (Phi) is 6.17. The van der Waals surface area contributed by atoms with Crippen molar-refractivity contribution in [2.75, 3.05) is 13.7 Å². The van der Waals surface area contributed by atoms with Crippen LogP contribution in [0.5, 0.6) is 11.5 Å². The van der Waals surface area contributed by atoms with Crippen molar-refractivity contribution in [1.29, 1.82) is 0 Å². The molecule has 0 spiro atoms. The van der Waals surface area contributed by atoms with Crippen molar-refractivity contribution >= 4 is 16.9 Å². The lowest BCUT2D eigenvalue weighted by Gasteiger charge is -2.13. The zero-order chi connectivity index (χ0) is 21.6. The van der Waals surface area contributed by atoms with E-state index in [1.165, 1.54) is 0 Å². The number of hydrogen-bond acceptors (Lipinski definition) is 4. The minimum atomic E-state index is -0.202. The van der Waals surface area contributed by atoms with Gasteiger partial charge in [-0.25, -0.2) is 4.98 Å². The SMILES string of the molecule is COc1ccccc1C(=O)NCc1nc2ccccc2n1CCOc1ccccc1C. The van der Waals surface area contributed by atoms with Crippen molar-refractivity contribution in [2.45, 2.75) is 20.0 Å². The lowest BCUT2D eigenvalue weighted by atomic mass is 10.2. The largest absolute Gasteiger partial charge is 0.496 e. The summed E-state index contributed by atoms with van der Waals surface area (Å²) >= 11 is 0. The molecule has 4 aromatic rings. The average molecular weight is 415 g/mol. The van der Waals surface area contributed by atoms with Crippen molar-refractivity contribution in [3.8, 4) is 11.5 Å². The van der Waals surface area contributed by atoms with E-state index in [0.717, 1.165) is 28.2 Å². The van der Waals surface area contributed by atoms with Gasteiger partial charge in [0.1, 0.15) is 23.9 Å². The summed E-state index contributed by atoms with van der Waals surface area (Å²) in [6.45, 7) is 3.45. The number of ether oxygens (including phenoxy) is 2. The Morgan fingerprint density at radius 3 is 2.48 bits per heavy atom. The molecule has 0 unspecified atom stereocenters. The molecule has 0 aliphatic carbocycles. The first-order chi connectivity index (χ1) is 15.2. The number of rotatable bonds is 8. The highest BCUT2D eigenvalue weighted by atomic mass is 16.5. The van der Waals surface area contributed by atoms with Crippen LogP contribution in [0, 0.1) is 6.92 Å². The molecular formula is C25H25N3O3. The molecule has 4 rings (SSSR count).